The first-order valence-corrected chi connectivity index (χ1v) is 5.45. The Morgan fingerprint density at radius 3 is 2.31 bits per heavy atom. The molecule has 0 aliphatic rings. The fourth-order valence-corrected chi connectivity index (χ4v) is 2.00. The van der Waals surface area contributed by atoms with Gasteiger partial charge in [0.2, 0.25) is 0 Å². The fraction of sp³-hybridized carbons (Fsp3) is 0.417. The Bertz CT molecular complexity index is 412. The Balaban J connectivity index is 3.45. The Hall–Kier alpha value is -1.06. The van der Waals surface area contributed by atoms with Crippen LogP contribution in [0.4, 0.5) is 0 Å². The minimum Gasteiger partial charge on any atom is -0.506 e. The van der Waals surface area contributed by atoms with E-state index in [0.717, 1.165) is 5.56 Å². The third-order valence-electron chi connectivity index (χ3n) is 2.82. The second kappa shape index (κ2) is 4.85. The van der Waals surface area contributed by atoms with Crippen molar-refractivity contribution >= 4 is 17.4 Å². The Kier molecular flexibility index (Phi) is 3.94. The Morgan fingerprint density at radius 1 is 1.25 bits per heavy atom. The predicted molar refractivity (Wildman–Crippen MR) is 65.6 cm³/mol. The van der Waals surface area contributed by atoms with Gasteiger partial charge in [0.05, 0.1) is 11.6 Å². The van der Waals surface area contributed by atoms with Crippen molar-refractivity contribution in [2.45, 2.75) is 20.8 Å². The molecular formula is C12H16ClNO2. The van der Waals surface area contributed by atoms with Gasteiger partial charge in [0.15, 0.2) is 5.78 Å². The minimum absolute atomic E-state index is 0.0116. The van der Waals surface area contributed by atoms with Crippen molar-refractivity contribution in [2.24, 2.45) is 0 Å². The number of halogens is 1. The van der Waals surface area contributed by atoms with Crippen LogP contribution in [-0.2, 0) is 0 Å². The summed E-state index contributed by atoms with van der Waals surface area (Å²) in [6.45, 7) is 5.59. The summed E-state index contributed by atoms with van der Waals surface area (Å²) in [4.78, 5) is 11.9. The van der Waals surface area contributed by atoms with E-state index in [1.807, 2.05) is 6.92 Å². The van der Waals surface area contributed by atoms with E-state index in [-0.39, 0.29) is 23.1 Å². The van der Waals surface area contributed by atoms with E-state index < -0.39 is 0 Å². The van der Waals surface area contributed by atoms with Crippen LogP contribution in [0.3, 0.4) is 0 Å². The summed E-state index contributed by atoms with van der Waals surface area (Å²) >= 11 is 5.98. The first kappa shape index (κ1) is 13.0. The van der Waals surface area contributed by atoms with E-state index >= 15 is 0 Å². The monoisotopic (exact) mass is 241 g/mol. The third-order valence-corrected chi connectivity index (χ3v) is 3.28. The molecule has 0 aromatic heterocycles. The molecule has 0 spiro atoms. The van der Waals surface area contributed by atoms with Crippen molar-refractivity contribution in [3.05, 3.63) is 27.3 Å². The summed E-state index contributed by atoms with van der Waals surface area (Å²) in [5.41, 5.74) is 2.70. The molecule has 4 heteroatoms. The maximum absolute atomic E-state index is 11.9. The normalized spacial score (nSPS) is 10.6. The van der Waals surface area contributed by atoms with Gasteiger partial charge in [-0.2, -0.15) is 0 Å². The second-order valence-corrected chi connectivity index (χ2v) is 4.24. The molecule has 88 valence electrons. The molecule has 0 bridgehead atoms. The van der Waals surface area contributed by atoms with E-state index in [1.165, 1.54) is 0 Å². The van der Waals surface area contributed by atoms with Gasteiger partial charge >= 0.3 is 0 Å². The lowest BCUT2D eigenvalue weighted by Crippen LogP contribution is -2.20. The standard InChI is InChI=1S/C12H16ClNO2/c1-6-7(2)12(16)11(13)8(3)10(6)9(15)5-14-4/h14,16H,5H2,1-4H3. The highest BCUT2D eigenvalue weighted by Crippen LogP contribution is 2.35. The first-order chi connectivity index (χ1) is 7.41. The molecule has 0 aliphatic heterocycles. The van der Waals surface area contributed by atoms with Crippen molar-refractivity contribution in [3.63, 3.8) is 0 Å². The first-order valence-electron chi connectivity index (χ1n) is 5.07. The molecular weight excluding hydrogens is 226 g/mol. The summed E-state index contributed by atoms with van der Waals surface area (Å²) in [6.07, 6.45) is 0. The predicted octanol–water partition coefficient (Wildman–Crippen LogP) is 2.37. The topological polar surface area (TPSA) is 49.3 Å². The number of phenolic OH excluding ortho intramolecular Hbond substituents is 1. The molecule has 0 aliphatic carbocycles. The maximum Gasteiger partial charge on any atom is 0.177 e. The van der Waals surface area contributed by atoms with Gasteiger partial charge in [0.1, 0.15) is 5.75 Å². The van der Waals surface area contributed by atoms with Gasteiger partial charge in [-0.15, -0.1) is 0 Å². The van der Waals surface area contributed by atoms with Crippen LogP contribution in [0.2, 0.25) is 5.02 Å². The van der Waals surface area contributed by atoms with Gasteiger partial charge in [0, 0.05) is 5.56 Å². The number of benzene rings is 1. The molecule has 0 fully saturated rings. The molecule has 1 aromatic carbocycles. The van der Waals surface area contributed by atoms with Crippen LogP contribution in [0.25, 0.3) is 0 Å². The Morgan fingerprint density at radius 2 is 1.81 bits per heavy atom. The molecule has 1 aromatic rings. The SMILES string of the molecule is CNCC(=O)c1c(C)c(C)c(O)c(Cl)c1C. The number of nitrogens with one attached hydrogen (secondary N) is 1. The summed E-state index contributed by atoms with van der Waals surface area (Å²) in [6, 6.07) is 0. The molecule has 3 nitrogen and oxygen atoms in total. The van der Waals surface area contributed by atoms with Crippen molar-refractivity contribution < 1.29 is 9.90 Å². The number of phenols is 1. The van der Waals surface area contributed by atoms with Gasteiger partial charge in [-0.3, -0.25) is 4.79 Å². The molecule has 16 heavy (non-hydrogen) atoms. The van der Waals surface area contributed by atoms with E-state index in [2.05, 4.69) is 5.32 Å². The number of aromatic hydroxyl groups is 1. The quantitative estimate of drug-likeness (QED) is 0.799. The summed E-state index contributed by atoms with van der Waals surface area (Å²) < 4.78 is 0. The molecule has 0 atom stereocenters. The highest BCUT2D eigenvalue weighted by molar-refractivity contribution is 6.33. The fourth-order valence-electron chi connectivity index (χ4n) is 1.77. The van der Waals surface area contributed by atoms with Crippen molar-refractivity contribution in [3.8, 4) is 5.75 Å². The molecule has 0 amide bonds. The zero-order valence-corrected chi connectivity index (χ0v) is 10.7. The number of hydrogen-bond donors (Lipinski definition) is 2. The van der Waals surface area contributed by atoms with Crippen molar-refractivity contribution in [2.75, 3.05) is 13.6 Å². The summed E-state index contributed by atoms with van der Waals surface area (Å²) in [5.74, 6) is 0.0557. The lowest BCUT2D eigenvalue weighted by Gasteiger charge is -2.15. The molecule has 0 saturated carbocycles. The molecule has 0 unspecified atom stereocenters. The van der Waals surface area contributed by atoms with Crippen LogP contribution in [0.1, 0.15) is 27.0 Å². The maximum atomic E-state index is 11.9. The zero-order valence-electron chi connectivity index (χ0n) is 9.94. The number of hydrogen-bond acceptors (Lipinski definition) is 3. The Labute approximate surface area is 100 Å². The van der Waals surface area contributed by atoms with Crippen LogP contribution in [0.5, 0.6) is 5.75 Å². The largest absolute Gasteiger partial charge is 0.506 e. The van der Waals surface area contributed by atoms with Gasteiger partial charge in [0.25, 0.3) is 0 Å². The van der Waals surface area contributed by atoms with Gasteiger partial charge in [-0.05, 0) is 44.5 Å². The number of likely N-dealkylation sites (N-methyl/N-ethyl adjacent to an activating group) is 1. The van der Waals surface area contributed by atoms with E-state index in [4.69, 9.17) is 11.6 Å². The van der Waals surface area contributed by atoms with Crippen molar-refractivity contribution in [1.82, 2.24) is 5.32 Å². The molecule has 0 heterocycles. The number of ketones is 1. The highest BCUT2D eigenvalue weighted by atomic mass is 35.5. The number of carbonyl (C=O) groups excluding carboxylic acids is 1. The number of rotatable bonds is 3. The summed E-state index contributed by atoms with van der Waals surface area (Å²) in [5, 5.41) is 12.8. The minimum atomic E-state index is -0.0116. The van der Waals surface area contributed by atoms with E-state index in [0.29, 0.717) is 16.7 Å². The molecule has 2 N–H and O–H groups in total. The number of Topliss-reactive ketones (excluding diaryl/α,β-unsaturated/α-hetero) is 1. The van der Waals surface area contributed by atoms with Gasteiger partial charge in [-0.1, -0.05) is 11.6 Å². The summed E-state index contributed by atoms with van der Waals surface area (Å²) in [7, 11) is 1.72. The van der Waals surface area contributed by atoms with Crippen LogP contribution in [0.15, 0.2) is 0 Å². The number of carbonyl (C=O) groups is 1. The molecule has 0 saturated heterocycles. The average molecular weight is 242 g/mol. The van der Waals surface area contributed by atoms with E-state index in [1.54, 1.807) is 20.9 Å². The van der Waals surface area contributed by atoms with Crippen LogP contribution in [-0.4, -0.2) is 24.5 Å². The van der Waals surface area contributed by atoms with Crippen LogP contribution in [0, 0.1) is 20.8 Å². The lowest BCUT2D eigenvalue weighted by atomic mass is 9.94. The van der Waals surface area contributed by atoms with Gasteiger partial charge < -0.3 is 10.4 Å². The second-order valence-electron chi connectivity index (χ2n) is 3.87. The molecule has 1 rings (SSSR count). The zero-order chi connectivity index (χ0) is 12.5. The third kappa shape index (κ3) is 2.06. The van der Waals surface area contributed by atoms with Crippen LogP contribution >= 0.6 is 11.6 Å². The van der Waals surface area contributed by atoms with Crippen molar-refractivity contribution in [1.29, 1.82) is 0 Å². The lowest BCUT2D eigenvalue weighted by molar-refractivity contribution is 0.0992. The van der Waals surface area contributed by atoms with E-state index in [9.17, 15) is 9.90 Å². The molecule has 0 radical (unpaired) electrons. The average Bonchev–Trinajstić information content (AvgIpc) is 2.24. The highest BCUT2D eigenvalue weighted by Gasteiger charge is 2.19. The van der Waals surface area contributed by atoms with Gasteiger partial charge in [-0.25, -0.2) is 0 Å². The smallest absolute Gasteiger partial charge is 0.177 e. The van der Waals surface area contributed by atoms with Crippen LogP contribution < -0.4 is 5.32 Å².